The fourth-order valence-electron chi connectivity index (χ4n) is 3.18. The Kier molecular flexibility index (Phi) is 6.71. The summed E-state index contributed by atoms with van der Waals surface area (Å²) in [6, 6.07) is 10.6. The molecule has 1 aliphatic heterocycles. The summed E-state index contributed by atoms with van der Waals surface area (Å²) in [5, 5.41) is 0. The summed E-state index contributed by atoms with van der Waals surface area (Å²) in [5.74, 6) is 0.358. The number of sulfonamides is 1. The fraction of sp³-hybridized carbons (Fsp3) is 0.286. The lowest BCUT2D eigenvalue weighted by molar-refractivity contribution is -0.137. The molecule has 0 N–H and O–H groups in total. The third-order valence-electron chi connectivity index (χ3n) is 4.91. The zero-order valence-corrected chi connectivity index (χ0v) is 17.5. The highest BCUT2D eigenvalue weighted by Crippen LogP contribution is 2.30. The molecule has 1 saturated heterocycles. The van der Waals surface area contributed by atoms with Gasteiger partial charge in [-0.2, -0.15) is 17.5 Å². The third kappa shape index (κ3) is 5.26. The molecular formula is C21H21F3N2O4S. The Labute approximate surface area is 178 Å². The summed E-state index contributed by atoms with van der Waals surface area (Å²) in [5.41, 5.74) is -0.175. The van der Waals surface area contributed by atoms with E-state index < -0.39 is 21.8 Å². The van der Waals surface area contributed by atoms with Crippen molar-refractivity contribution in [2.45, 2.75) is 11.1 Å². The molecule has 166 valence electrons. The molecule has 0 aromatic heterocycles. The number of rotatable bonds is 5. The van der Waals surface area contributed by atoms with Crippen molar-refractivity contribution in [3.05, 3.63) is 65.7 Å². The maximum atomic E-state index is 12.7. The number of benzene rings is 2. The van der Waals surface area contributed by atoms with Crippen molar-refractivity contribution < 1.29 is 31.1 Å². The van der Waals surface area contributed by atoms with Crippen molar-refractivity contribution in [2.24, 2.45) is 0 Å². The Bertz CT molecular complexity index is 1060. The van der Waals surface area contributed by atoms with E-state index in [-0.39, 0.29) is 37.0 Å². The van der Waals surface area contributed by atoms with Crippen LogP contribution in [0.5, 0.6) is 5.75 Å². The van der Waals surface area contributed by atoms with E-state index in [0.717, 1.165) is 29.8 Å². The van der Waals surface area contributed by atoms with E-state index in [1.807, 2.05) is 12.1 Å². The number of alkyl halides is 3. The minimum atomic E-state index is -4.54. The number of nitrogens with zero attached hydrogens (tertiary/aromatic N) is 2. The highest BCUT2D eigenvalue weighted by molar-refractivity contribution is 7.89. The average molecular weight is 454 g/mol. The highest BCUT2D eigenvalue weighted by atomic mass is 32.2. The number of para-hydroxylation sites is 1. The standard InChI is InChI=1S/C21H21F3N2O4S/c1-30-19-5-3-2-4-16(19)6-11-20(27)25-12-14-26(15-13-25)31(28,29)18-9-7-17(8-10-18)21(22,23)24/h2-11H,12-15H2,1H3/b11-6+. The molecule has 0 atom stereocenters. The molecule has 0 aliphatic carbocycles. The van der Waals surface area contributed by atoms with Crippen molar-refractivity contribution in [2.75, 3.05) is 33.3 Å². The number of halogens is 3. The van der Waals surface area contributed by atoms with Crippen molar-refractivity contribution in [3.8, 4) is 5.75 Å². The Hall–Kier alpha value is -2.85. The van der Waals surface area contributed by atoms with Gasteiger partial charge in [0.15, 0.2) is 0 Å². The van der Waals surface area contributed by atoms with Crippen LogP contribution in [0.1, 0.15) is 11.1 Å². The van der Waals surface area contributed by atoms with Crippen LogP contribution in [0.25, 0.3) is 6.08 Å². The quantitative estimate of drug-likeness (QED) is 0.651. The van der Waals surface area contributed by atoms with E-state index in [4.69, 9.17) is 4.74 Å². The zero-order chi connectivity index (χ0) is 22.6. The predicted octanol–water partition coefficient (Wildman–Crippen LogP) is 3.26. The van der Waals surface area contributed by atoms with Gasteiger partial charge in [0.25, 0.3) is 0 Å². The van der Waals surface area contributed by atoms with Crippen molar-refractivity contribution in [3.63, 3.8) is 0 Å². The summed E-state index contributed by atoms with van der Waals surface area (Å²) in [6.45, 7) is 0.457. The number of ether oxygens (including phenoxy) is 1. The molecule has 6 nitrogen and oxygen atoms in total. The molecule has 1 fully saturated rings. The molecule has 10 heteroatoms. The van der Waals surface area contributed by atoms with Gasteiger partial charge in [-0.25, -0.2) is 8.42 Å². The van der Waals surface area contributed by atoms with E-state index in [1.54, 1.807) is 18.2 Å². The lowest BCUT2D eigenvalue weighted by Gasteiger charge is -2.33. The van der Waals surface area contributed by atoms with Gasteiger partial charge in [0.1, 0.15) is 5.75 Å². The molecule has 0 saturated carbocycles. The number of carbonyl (C=O) groups is 1. The molecule has 3 rings (SSSR count). The van der Waals surface area contributed by atoms with Crippen molar-refractivity contribution in [1.29, 1.82) is 0 Å². The molecule has 0 radical (unpaired) electrons. The number of methoxy groups -OCH3 is 1. The van der Waals surface area contributed by atoms with Crippen LogP contribution in [0.4, 0.5) is 13.2 Å². The lowest BCUT2D eigenvalue weighted by Crippen LogP contribution is -2.50. The second-order valence-electron chi connectivity index (χ2n) is 6.83. The number of piperazine rings is 1. The molecule has 31 heavy (non-hydrogen) atoms. The number of hydrogen-bond donors (Lipinski definition) is 0. The van der Waals surface area contributed by atoms with Crippen molar-refractivity contribution >= 4 is 22.0 Å². The first-order chi connectivity index (χ1) is 14.6. The van der Waals surface area contributed by atoms with Crippen LogP contribution in [0.2, 0.25) is 0 Å². The minimum absolute atomic E-state index is 0.0532. The van der Waals surface area contributed by atoms with Gasteiger partial charge in [-0.3, -0.25) is 4.79 Å². The maximum absolute atomic E-state index is 12.7. The van der Waals surface area contributed by atoms with Crippen LogP contribution < -0.4 is 4.74 Å². The summed E-state index contributed by atoms with van der Waals surface area (Å²) < 4.78 is 69.9. The highest BCUT2D eigenvalue weighted by Gasteiger charge is 2.33. The van der Waals surface area contributed by atoms with Gasteiger partial charge in [0.2, 0.25) is 15.9 Å². The molecule has 2 aromatic carbocycles. The Morgan fingerprint density at radius 1 is 1.00 bits per heavy atom. The monoisotopic (exact) mass is 454 g/mol. The lowest BCUT2D eigenvalue weighted by atomic mass is 10.2. The SMILES string of the molecule is COc1ccccc1/C=C/C(=O)N1CCN(S(=O)(=O)c2ccc(C(F)(F)F)cc2)CC1. The van der Waals surface area contributed by atoms with Crippen LogP contribution >= 0.6 is 0 Å². The summed E-state index contributed by atoms with van der Waals surface area (Å²) in [4.78, 5) is 13.8. The van der Waals surface area contributed by atoms with E-state index in [9.17, 15) is 26.4 Å². The van der Waals surface area contributed by atoms with Gasteiger partial charge in [0, 0.05) is 37.8 Å². The van der Waals surface area contributed by atoms with E-state index in [2.05, 4.69) is 0 Å². The molecule has 2 aromatic rings. The molecule has 0 spiro atoms. The molecule has 1 amide bonds. The van der Waals surface area contributed by atoms with Gasteiger partial charge in [-0.15, -0.1) is 0 Å². The van der Waals surface area contributed by atoms with Gasteiger partial charge in [-0.1, -0.05) is 18.2 Å². The van der Waals surface area contributed by atoms with Gasteiger partial charge in [-0.05, 0) is 36.4 Å². The average Bonchev–Trinajstić information content (AvgIpc) is 2.77. The normalized spacial score (nSPS) is 15.9. The Balaban J connectivity index is 1.63. The largest absolute Gasteiger partial charge is 0.496 e. The first-order valence-corrected chi connectivity index (χ1v) is 10.8. The second-order valence-corrected chi connectivity index (χ2v) is 8.76. The first kappa shape index (κ1) is 22.8. The molecule has 0 bridgehead atoms. The van der Waals surface area contributed by atoms with Crippen LogP contribution in [-0.2, 0) is 21.0 Å². The molecular weight excluding hydrogens is 433 g/mol. The smallest absolute Gasteiger partial charge is 0.416 e. The van der Waals surface area contributed by atoms with E-state index >= 15 is 0 Å². The molecule has 1 heterocycles. The van der Waals surface area contributed by atoms with Gasteiger partial charge in [0.05, 0.1) is 17.6 Å². The number of carbonyl (C=O) groups excluding carboxylic acids is 1. The van der Waals surface area contributed by atoms with Gasteiger partial charge >= 0.3 is 6.18 Å². The number of amides is 1. The predicted molar refractivity (Wildman–Crippen MR) is 109 cm³/mol. The van der Waals surface area contributed by atoms with Gasteiger partial charge < -0.3 is 9.64 Å². The Morgan fingerprint density at radius 2 is 1.61 bits per heavy atom. The Morgan fingerprint density at radius 3 is 2.19 bits per heavy atom. The topological polar surface area (TPSA) is 66.9 Å². The fourth-order valence-corrected chi connectivity index (χ4v) is 4.61. The van der Waals surface area contributed by atoms with E-state index in [0.29, 0.717) is 5.75 Å². The maximum Gasteiger partial charge on any atom is 0.416 e. The van der Waals surface area contributed by atoms with Crippen LogP contribution in [-0.4, -0.2) is 56.8 Å². The van der Waals surface area contributed by atoms with E-state index in [1.165, 1.54) is 22.4 Å². The third-order valence-corrected chi connectivity index (χ3v) is 6.83. The summed E-state index contributed by atoms with van der Waals surface area (Å²) >= 11 is 0. The van der Waals surface area contributed by atoms with Crippen LogP contribution in [0.3, 0.4) is 0 Å². The minimum Gasteiger partial charge on any atom is -0.496 e. The van der Waals surface area contributed by atoms with Crippen LogP contribution in [0.15, 0.2) is 59.5 Å². The second kappa shape index (κ2) is 9.11. The summed E-state index contributed by atoms with van der Waals surface area (Å²) in [6.07, 6.45) is -1.50. The number of hydrogen-bond acceptors (Lipinski definition) is 4. The zero-order valence-electron chi connectivity index (χ0n) is 16.7. The summed E-state index contributed by atoms with van der Waals surface area (Å²) in [7, 11) is -2.41. The van der Waals surface area contributed by atoms with Crippen molar-refractivity contribution in [1.82, 2.24) is 9.21 Å². The van der Waals surface area contributed by atoms with Crippen LogP contribution in [0, 0.1) is 0 Å². The first-order valence-electron chi connectivity index (χ1n) is 9.40. The molecule has 1 aliphatic rings. The molecule has 0 unspecified atom stereocenters.